The maximum Gasteiger partial charge on any atom is 0.357 e. The number of thioether (sulfide) groups is 1. The first-order valence-corrected chi connectivity index (χ1v) is 7.31. The van der Waals surface area contributed by atoms with Gasteiger partial charge in [-0.2, -0.15) is 11.8 Å². The van der Waals surface area contributed by atoms with Gasteiger partial charge in [-0.3, -0.25) is 0 Å². The van der Waals surface area contributed by atoms with Crippen LogP contribution < -0.4 is 4.90 Å². The van der Waals surface area contributed by atoms with E-state index < -0.39 is 0 Å². The Hall–Kier alpha value is -0.750. The molecule has 0 radical (unpaired) electrons. The van der Waals surface area contributed by atoms with Gasteiger partial charge in [0.15, 0.2) is 10.8 Å². The van der Waals surface area contributed by atoms with Crippen molar-refractivity contribution in [1.29, 1.82) is 0 Å². The minimum atomic E-state index is -0.363. The molecule has 0 aromatic carbocycles. The lowest BCUT2D eigenvalue weighted by Crippen LogP contribution is -2.43. The van der Waals surface area contributed by atoms with Crippen LogP contribution in [0.3, 0.4) is 0 Å². The first-order valence-electron chi connectivity index (χ1n) is 5.44. The van der Waals surface area contributed by atoms with E-state index >= 15 is 0 Å². The van der Waals surface area contributed by atoms with E-state index in [9.17, 15) is 4.79 Å². The van der Waals surface area contributed by atoms with E-state index in [1.54, 1.807) is 5.38 Å². The molecule has 0 N–H and O–H groups in total. The van der Waals surface area contributed by atoms with Crippen LogP contribution in [0.1, 0.15) is 24.3 Å². The fraction of sp³-hybridized carbons (Fsp3) is 0.636. The Kier molecular flexibility index (Phi) is 3.63. The summed E-state index contributed by atoms with van der Waals surface area (Å²) in [4.78, 5) is 17.9. The molecule has 1 aliphatic rings. The lowest BCUT2D eigenvalue weighted by molar-refractivity contribution is 0.0595. The first kappa shape index (κ1) is 12.7. The smallest absolute Gasteiger partial charge is 0.357 e. The zero-order valence-corrected chi connectivity index (χ0v) is 11.9. The van der Waals surface area contributed by atoms with Crippen molar-refractivity contribution in [2.75, 3.05) is 30.9 Å². The fourth-order valence-corrected chi connectivity index (χ4v) is 3.72. The highest BCUT2D eigenvalue weighted by Crippen LogP contribution is 2.33. The molecule has 2 heterocycles. The molecule has 1 aromatic rings. The number of rotatable bonds is 2. The number of hydrogen-bond acceptors (Lipinski definition) is 6. The van der Waals surface area contributed by atoms with Gasteiger partial charge >= 0.3 is 5.97 Å². The molecule has 1 saturated heterocycles. The van der Waals surface area contributed by atoms with Gasteiger partial charge in [0, 0.05) is 29.0 Å². The highest BCUT2D eigenvalue weighted by atomic mass is 32.2. The molecule has 0 saturated carbocycles. The number of esters is 1. The van der Waals surface area contributed by atoms with Gasteiger partial charge < -0.3 is 9.64 Å². The normalized spacial score (nSPS) is 19.1. The number of ether oxygens (including phenoxy) is 1. The van der Waals surface area contributed by atoms with E-state index in [0.29, 0.717) is 5.69 Å². The van der Waals surface area contributed by atoms with Crippen molar-refractivity contribution < 1.29 is 9.53 Å². The molecule has 2 rings (SSSR count). The molecular formula is C11H16N2O2S2. The summed E-state index contributed by atoms with van der Waals surface area (Å²) >= 11 is 3.49. The summed E-state index contributed by atoms with van der Waals surface area (Å²) in [7, 11) is 1.38. The van der Waals surface area contributed by atoms with Gasteiger partial charge in [0.2, 0.25) is 0 Å². The second-order valence-electron chi connectivity index (χ2n) is 4.54. The number of thiazole rings is 1. The van der Waals surface area contributed by atoms with Gasteiger partial charge in [0.25, 0.3) is 0 Å². The maximum atomic E-state index is 11.3. The number of hydrogen-bond donors (Lipinski definition) is 0. The van der Waals surface area contributed by atoms with Crippen LogP contribution in [0.2, 0.25) is 0 Å². The van der Waals surface area contributed by atoms with Crippen molar-refractivity contribution >= 4 is 34.2 Å². The quantitative estimate of drug-likeness (QED) is 0.773. The number of carbonyl (C=O) groups is 1. The highest BCUT2D eigenvalue weighted by molar-refractivity contribution is 8.00. The van der Waals surface area contributed by atoms with E-state index in [2.05, 4.69) is 28.5 Å². The van der Waals surface area contributed by atoms with Crippen LogP contribution in [0.15, 0.2) is 5.38 Å². The number of nitrogens with zero attached hydrogens (tertiary/aromatic N) is 2. The third-order valence-electron chi connectivity index (χ3n) is 2.58. The predicted octanol–water partition coefficient (Wildman–Crippen LogP) is 2.26. The summed E-state index contributed by atoms with van der Waals surface area (Å²) in [5, 5.41) is 2.68. The second-order valence-corrected chi connectivity index (χ2v) is 7.18. The molecule has 94 valence electrons. The maximum absolute atomic E-state index is 11.3. The summed E-state index contributed by atoms with van der Waals surface area (Å²) in [6, 6.07) is 0. The molecule has 4 nitrogen and oxygen atoms in total. The van der Waals surface area contributed by atoms with Crippen LogP contribution in [0.25, 0.3) is 0 Å². The predicted molar refractivity (Wildman–Crippen MR) is 72.2 cm³/mol. The van der Waals surface area contributed by atoms with Gasteiger partial charge in [0.05, 0.1) is 7.11 Å². The van der Waals surface area contributed by atoms with Gasteiger partial charge in [-0.1, -0.05) is 0 Å². The molecule has 0 bridgehead atoms. The number of methoxy groups -OCH3 is 1. The Morgan fingerprint density at radius 2 is 2.35 bits per heavy atom. The van der Waals surface area contributed by atoms with Crippen LogP contribution >= 0.6 is 23.1 Å². The lowest BCUT2D eigenvalue weighted by Gasteiger charge is -2.37. The number of anilines is 1. The molecule has 0 aliphatic carbocycles. The molecule has 0 amide bonds. The molecule has 17 heavy (non-hydrogen) atoms. The average molecular weight is 272 g/mol. The van der Waals surface area contributed by atoms with Crippen molar-refractivity contribution in [2.45, 2.75) is 18.6 Å². The molecule has 6 heteroatoms. The van der Waals surface area contributed by atoms with Gasteiger partial charge in [-0.15, -0.1) is 11.3 Å². The van der Waals surface area contributed by atoms with E-state index in [1.807, 2.05) is 11.8 Å². The topological polar surface area (TPSA) is 42.4 Å². The fourth-order valence-electron chi connectivity index (χ4n) is 1.79. The monoisotopic (exact) mass is 272 g/mol. The van der Waals surface area contributed by atoms with Crippen molar-refractivity contribution in [3.05, 3.63) is 11.1 Å². The minimum absolute atomic E-state index is 0.245. The summed E-state index contributed by atoms with van der Waals surface area (Å²) in [6.07, 6.45) is 0. The number of carbonyl (C=O) groups excluding carboxylic acids is 1. The molecule has 1 fully saturated rings. The zero-order chi connectivity index (χ0) is 12.5. The Balaban J connectivity index is 2.12. The van der Waals surface area contributed by atoms with Crippen LogP contribution in [0, 0.1) is 0 Å². The lowest BCUT2D eigenvalue weighted by atomic mass is 10.2. The summed E-state index contributed by atoms with van der Waals surface area (Å²) in [5.74, 6) is 0.735. The van der Waals surface area contributed by atoms with Crippen molar-refractivity contribution in [3.63, 3.8) is 0 Å². The van der Waals surface area contributed by atoms with Gasteiger partial charge in [0.1, 0.15) is 0 Å². The Labute approximate surface area is 109 Å². The molecule has 0 spiro atoms. The molecule has 1 aliphatic heterocycles. The van der Waals surface area contributed by atoms with Crippen LogP contribution in [-0.4, -0.2) is 41.7 Å². The molecule has 1 aromatic heterocycles. The van der Waals surface area contributed by atoms with E-state index in [1.165, 1.54) is 18.4 Å². The Bertz CT molecular complexity index is 417. The summed E-state index contributed by atoms with van der Waals surface area (Å²) in [6.45, 7) is 6.42. The molecule has 0 unspecified atom stereocenters. The third kappa shape index (κ3) is 2.93. The largest absolute Gasteiger partial charge is 0.464 e. The highest BCUT2D eigenvalue weighted by Gasteiger charge is 2.28. The second kappa shape index (κ2) is 4.86. The summed E-state index contributed by atoms with van der Waals surface area (Å²) < 4.78 is 4.91. The van der Waals surface area contributed by atoms with Crippen LogP contribution in [0.5, 0.6) is 0 Å². The third-order valence-corrected chi connectivity index (χ3v) is 4.78. The van der Waals surface area contributed by atoms with Crippen molar-refractivity contribution in [2.24, 2.45) is 0 Å². The van der Waals surface area contributed by atoms with Crippen LogP contribution in [0.4, 0.5) is 5.13 Å². The van der Waals surface area contributed by atoms with E-state index in [4.69, 9.17) is 0 Å². The van der Waals surface area contributed by atoms with Gasteiger partial charge in [-0.25, -0.2) is 9.78 Å². The van der Waals surface area contributed by atoms with Gasteiger partial charge in [-0.05, 0) is 13.8 Å². The standard InChI is InChI=1S/C11H16N2O2S2/c1-11(2)7-13(4-5-17-11)10-12-8(6-16-10)9(14)15-3/h6H,4-5,7H2,1-3H3. The van der Waals surface area contributed by atoms with E-state index in [-0.39, 0.29) is 10.7 Å². The van der Waals surface area contributed by atoms with Crippen molar-refractivity contribution in [3.8, 4) is 0 Å². The molecule has 0 atom stereocenters. The SMILES string of the molecule is COC(=O)c1csc(N2CCSC(C)(C)C2)n1. The Morgan fingerprint density at radius 3 is 3.00 bits per heavy atom. The van der Waals surface area contributed by atoms with E-state index in [0.717, 1.165) is 24.0 Å². The minimum Gasteiger partial charge on any atom is -0.464 e. The summed E-state index contributed by atoms with van der Waals surface area (Å²) in [5.41, 5.74) is 0.406. The van der Waals surface area contributed by atoms with Crippen molar-refractivity contribution in [1.82, 2.24) is 4.98 Å². The van der Waals surface area contributed by atoms with Crippen LogP contribution in [-0.2, 0) is 4.74 Å². The number of aromatic nitrogens is 1. The Morgan fingerprint density at radius 1 is 1.59 bits per heavy atom. The zero-order valence-electron chi connectivity index (χ0n) is 10.2. The first-order chi connectivity index (χ1) is 8.02. The molecular weight excluding hydrogens is 256 g/mol. The average Bonchev–Trinajstić information content (AvgIpc) is 2.76.